The van der Waals surface area contributed by atoms with Gasteiger partial charge in [0, 0.05) is 18.6 Å². The zero-order chi connectivity index (χ0) is 14.6. The van der Waals surface area contributed by atoms with Crippen molar-refractivity contribution in [2.75, 3.05) is 19.7 Å². The molecule has 1 aliphatic rings. The molecule has 0 aromatic carbocycles. The van der Waals surface area contributed by atoms with Crippen LogP contribution in [0.2, 0.25) is 0 Å². The first kappa shape index (κ1) is 16.9. The Kier molecular flexibility index (Phi) is 6.28. The van der Waals surface area contributed by atoms with E-state index in [1.54, 1.807) is 0 Å². The van der Waals surface area contributed by atoms with Gasteiger partial charge in [0.2, 0.25) is 0 Å². The van der Waals surface area contributed by atoms with Crippen LogP contribution in [0.5, 0.6) is 0 Å². The molecular weight excluding hydrogens is 236 g/mol. The molecule has 3 N–H and O–H groups in total. The maximum atomic E-state index is 9.33. The third-order valence-electron chi connectivity index (χ3n) is 4.93. The fraction of sp³-hybridized carbons (Fsp3) is 1.00. The van der Waals surface area contributed by atoms with E-state index in [4.69, 9.17) is 5.73 Å². The van der Waals surface area contributed by atoms with Crippen LogP contribution in [0.3, 0.4) is 0 Å². The lowest BCUT2D eigenvalue weighted by Gasteiger charge is -2.47. The van der Waals surface area contributed by atoms with Gasteiger partial charge in [0.25, 0.3) is 0 Å². The first-order valence-corrected chi connectivity index (χ1v) is 7.88. The number of nitrogens with two attached hydrogens (primary N) is 1. The van der Waals surface area contributed by atoms with Crippen molar-refractivity contribution in [3.05, 3.63) is 0 Å². The molecule has 1 saturated carbocycles. The molecule has 0 aromatic rings. The Morgan fingerprint density at radius 1 is 1.26 bits per heavy atom. The van der Waals surface area contributed by atoms with Crippen LogP contribution in [0.25, 0.3) is 0 Å². The largest absolute Gasteiger partial charge is 0.395 e. The molecule has 1 aliphatic carbocycles. The molecule has 0 heterocycles. The molecule has 0 spiro atoms. The smallest absolute Gasteiger partial charge is 0.0558 e. The van der Waals surface area contributed by atoms with Crippen LogP contribution in [-0.2, 0) is 0 Å². The lowest BCUT2D eigenvalue weighted by atomic mass is 9.67. The van der Waals surface area contributed by atoms with Crippen LogP contribution in [0.4, 0.5) is 0 Å². The Morgan fingerprint density at radius 2 is 1.89 bits per heavy atom. The summed E-state index contributed by atoms with van der Waals surface area (Å²) in [6, 6.07) is 1.01. The maximum Gasteiger partial charge on any atom is 0.0558 e. The summed E-state index contributed by atoms with van der Waals surface area (Å²) in [6.45, 7) is 13.3. The van der Waals surface area contributed by atoms with Crippen LogP contribution in [-0.4, -0.2) is 41.8 Å². The first-order chi connectivity index (χ1) is 8.81. The van der Waals surface area contributed by atoms with E-state index >= 15 is 0 Å². The minimum atomic E-state index is 0.242. The molecule has 3 atom stereocenters. The fourth-order valence-corrected chi connectivity index (χ4v) is 3.60. The zero-order valence-electron chi connectivity index (χ0n) is 13.5. The summed E-state index contributed by atoms with van der Waals surface area (Å²) in [5, 5.41) is 9.33. The van der Waals surface area contributed by atoms with Crippen molar-refractivity contribution in [3.63, 3.8) is 0 Å². The molecule has 0 bridgehead atoms. The van der Waals surface area contributed by atoms with Crippen molar-refractivity contribution in [1.82, 2.24) is 4.90 Å². The first-order valence-electron chi connectivity index (χ1n) is 7.88. The quantitative estimate of drug-likeness (QED) is 0.807. The lowest BCUT2D eigenvalue weighted by molar-refractivity contribution is 0.0189. The standard InChI is InChI=1S/C16H34N2O/c1-12(2)18(8-9-19)15-10-14(16(3,4)5)7-6-13(15)11-17/h12-15,19H,6-11,17H2,1-5H3. The minimum absolute atomic E-state index is 0.242. The highest BCUT2D eigenvalue weighted by molar-refractivity contribution is 4.92. The molecule has 114 valence electrons. The topological polar surface area (TPSA) is 49.5 Å². The van der Waals surface area contributed by atoms with Crippen LogP contribution in [0, 0.1) is 17.3 Å². The average molecular weight is 270 g/mol. The number of aliphatic hydroxyl groups is 1. The third kappa shape index (κ3) is 4.44. The van der Waals surface area contributed by atoms with Crippen LogP contribution >= 0.6 is 0 Å². The van der Waals surface area contributed by atoms with Crippen molar-refractivity contribution in [1.29, 1.82) is 0 Å². The Labute approximate surface area is 119 Å². The van der Waals surface area contributed by atoms with Gasteiger partial charge in [0.05, 0.1) is 6.61 Å². The number of nitrogens with zero attached hydrogens (tertiary/aromatic N) is 1. The second-order valence-electron chi connectivity index (χ2n) is 7.49. The molecule has 0 radical (unpaired) electrons. The van der Waals surface area contributed by atoms with Crippen LogP contribution < -0.4 is 5.73 Å². The van der Waals surface area contributed by atoms with Gasteiger partial charge in [-0.15, -0.1) is 0 Å². The van der Waals surface area contributed by atoms with Gasteiger partial charge >= 0.3 is 0 Å². The summed E-state index contributed by atoms with van der Waals surface area (Å²) in [7, 11) is 0. The van der Waals surface area contributed by atoms with Crippen LogP contribution in [0.1, 0.15) is 53.9 Å². The zero-order valence-corrected chi connectivity index (χ0v) is 13.5. The van der Waals surface area contributed by atoms with E-state index in [2.05, 4.69) is 39.5 Å². The number of rotatable bonds is 5. The molecule has 3 unspecified atom stereocenters. The molecule has 3 heteroatoms. The normalized spacial score (nSPS) is 29.2. The van der Waals surface area contributed by atoms with Crippen molar-refractivity contribution in [3.8, 4) is 0 Å². The van der Waals surface area contributed by atoms with Gasteiger partial charge < -0.3 is 10.8 Å². The van der Waals surface area contributed by atoms with E-state index in [1.807, 2.05) is 0 Å². The SMILES string of the molecule is CC(C)N(CCO)C1CC(C(C)(C)C)CCC1CN. The van der Waals surface area contributed by atoms with Gasteiger partial charge in [-0.25, -0.2) is 0 Å². The molecule has 0 saturated heterocycles. The van der Waals surface area contributed by atoms with Crippen molar-refractivity contribution < 1.29 is 5.11 Å². The second kappa shape index (κ2) is 7.05. The van der Waals surface area contributed by atoms with Crippen molar-refractivity contribution >= 4 is 0 Å². The maximum absolute atomic E-state index is 9.33. The number of hydrogen-bond donors (Lipinski definition) is 2. The molecule has 0 amide bonds. The van der Waals surface area contributed by atoms with Gasteiger partial charge in [-0.3, -0.25) is 4.90 Å². The number of aliphatic hydroxyl groups excluding tert-OH is 1. The molecule has 1 fully saturated rings. The molecule has 3 nitrogen and oxygen atoms in total. The summed E-state index contributed by atoms with van der Waals surface area (Å²) < 4.78 is 0. The molecule has 0 aliphatic heterocycles. The van der Waals surface area contributed by atoms with Gasteiger partial charge in [-0.05, 0) is 56.9 Å². The lowest BCUT2D eigenvalue weighted by Crippen LogP contribution is -2.51. The monoisotopic (exact) mass is 270 g/mol. The summed E-state index contributed by atoms with van der Waals surface area (Å²) in [4.78, 5) is 2.47. The Hall–Kier alpha value is -0.120. The fourth-order valence-electron chi connectivity index (χ4n) is 3.60. The molecule has 0 aromatic heterocycles. The predicted octanol–water partition coefficient (Wildman–Crippen LogP) is 2.48. The van der Waals surface area contributed by atoms with E-state index in [0.717, 1.165) is 19.0 Å². The highest BCUT2D eigenvalue weighted by Gasteiger charge is 2.38. The van der Waals surface area contributed by atoms with E-state index in [-0.39, 0.29) is 6.61 Å². The molecule has 1 rings (SSSR count). The highest BCUT2D eigenvalue weighted by Crippen LogP contribution is 2.41. The predicted molar refractivity (Wildman–Crippen MR) is 82.1 cm³/mol. The minimum Gasteiger partial charge on any atom is -0.395 e. The summed E-state index contributed by atoms with van der Waals surface area (Å²) >= 11 is 0. The van der Waals surface area contributed by atoms with E-state index in [0.29, 0.717) is 23.4 Å². The second-order valence-corrected chi connectivity index (χ2v) is 7.49. The van der Waals surface area contributed by atoms with Gasteiger partial charge in [0.15, 0.2) is 0 Å². The average Bonchev–Trinajstić information content (AvgIpc) is 2.33. The van der Waals surface area contributed by atoms with Gasteiger partial charge in [0.1, 0.15) is 0 Å². The highest BCUT2D eigenvalue weighted by atomic mass is 16.3. The van der Waals surface area contributed by atoms with Gasteiger partial charge in [-0.1, -0.05) is 20.8 Å². The Balaban J connectivity index is 2.84. The van der Waals surface area contributed by atoms with Crippen LogP contribution in [0.15, 0.2) is 0 Å². The summed E-state index contributed by atoms with van der Waals surface area (Å²) in [6.07, 6.45) is 3.76. The Bertz CT molecular complexity index is 260. The van der Waals surface area contributed by atoms with E-state index in [9.17, 15) is 5.11 Å². The molecular formula is C16H34N2O. The van der Waals surface area contributed by atoms with Gasteiger partial charge in [-0.2, -0.15) is 0 Å². The third-order valence-corrected chi connectivity index (χ3v) is 4.93. The Morgan fingerprint density at radius 3 is 2.32 bits per heavy atom. The number of hydrogen-bond acceptors (Lipinski definition) is 3. The summed E-state index contributed by atoms with van der Waals surface area (Å²) in [5.74, 6) is 1.35. The van der Waals surface area contributed by atoms with Crippen molar-refractivity contribution in [2.45, 2.75) is 66.0 Å². The van der Waals surface area contributed by atoms with E-state index < -0.39 is 0 Å². The molecule has 19 heavy (non-hydrogen) atoms. The van der Waals surface area contributed by atoms with E-state index in [1.165, 1.54) is 19.3 Å². The summed E-state index contributed by atoms with van der Waals surface area (Å²) in [5.41, 5.74) is 6.37. The van der Waals surface area contributed by atoms with Crippen molar-refractivity contribution in [2.24, 2.45) is 23.0 Å².